The van der Waals surface area contributed by atoms with Gasteiger partial charge in [-0.2, -0.15) is 0 Å². The maximum Gasteiger partial charge on any atom is 0.0361 e. The summed E-state index contributed by atoms with van der Waals surface area (Å²) in [5, 5.41) is 3.30. The number of anilines is 1. The number of piperidine rings is 1. The van der Waals surface area contributed by atoms with Gasteiger partial charge in [0.15, 0.2) is 0 Å². The van der Waals surface area contributed by atoms with E-state index < -0.39 is 0 Å². The average molecular weight is 261 g/mol. The van der Waals surface area contributed by atoms with Gasteiger partial charge in [0, 0.05) is 26.3 Å². The second-order valence-corrected chi connectivity index (χ2v) is 5.84. The third kappa shape index (κ3) is 4.22. The van der Waals surface area contributed by atoms with Crippen molar-refractivity contribution >= 4 is 5.69 Å². The Morgan fingerprint density at radius 2 is 1.79 bits per heavy atom. The van der Waals surface area contributed by atoms with Crippen LogP contribution in [-0.4, -0.2) is 45.7 Å². The van der Waals surface area contributed by atoms with Gasteiger partial charge in [0.1, 0.15) is 0 Å². The number of rotatable bonds is 5. The molecule has 1 aliphatic rings. The summed E-state index contributed by atoms with van der Waals surface area (Å²) in [5.41, 5.74) is 2.70. The molecule has 1 aromatic carbocycles. The molecule has 0 amide bonds. The normalized spacial score (nSPS) is 17.6. The zero-order valence-corrected chi connectivity index (χ0v) is 12.5. The van der Waals surface area contributed by atoms with Crippen molar-refractivity contribution in [2.75, 3.05) is 45.7 Å². The molecule has 1 fully saturated rings. The van der Waals surface area contributed by atoms with Crippen LogP contribution in [0.15, 0.2) is 24.3 Å². The third-order valence-corrected chi connectivity index (χ3v) is 4.06. The fourth-order valence-electron chi connectivity index (χ4n) is 2.80. The minimum Gasteiger partial charge on any atom is -0.378 e. The Bertz CT molecular complexity index is 364. The lowest BCUT2D eigenvalue weighted by atomic mass is 9.96. The van der Waals surface area contributed by atoms with Crippen LogP contribution in [-0.2, 0) is 6.54 Å². The van der Waals surface area contributed by atoms with E-state index in [1.54, 1.807) is 0 Å². The summed E-state index contributed by atoms with van der Waals surface area (Å²) in [4.78, 5) is 4.73. The smallest absolute Gasteiger partial charge is 0.0361 e. The first-order chi connectivity index (χ1) is 9.19. The summed E-state index contributed by atoms with van der Waals surface area (Å²) >= 11 is 0. The lowest BCUT2D eigenvalue weighted by Gasteiger charge is -2.32. The van der Waals surface area contributed by atoms with Crippen LogP contribution in [0.1, 0.15) is 18.4 Å². The molecule has 3 nitrogen and oxygen atoms in total. The predicted octanol–water partition coefficient (Wildman–Crippen LogP) is 2.18. The Hall–Kier alpha value is -1.06. The lowest BCUT2D eigenvalue weighted by molar-refractivity contribution is 0.177. The lowest BCUT2D eigenvalue weighted by Crippen LogP contribution is -2.36. The van der Waals surface area contributed by atoms with E-state index in [0.717, 1.165) is 12.5 Å². The molecule has 0 spiro atoms. The number of nitrogens with one attached hydrogen (secondary N) is 1. The Morgan fingerprint density at radius 1 is 1.16 bits per heavy atom. The first-order valence-corrected chi connectivity index (χ1v) is 7.32. The molecule has 19 heavy (non-hydrogen) atoms. The first kappa shape index (κ1) is 14.4. The Kier molecular flexibility index (Phi) is 5.23. The number of benzene rings is 1. The van der Waals surface area contributed by atoms with Gasteiger partial charge in [0.05, 0.1) is 0 Å². The summed E-state index contributed by atoms with van der Waals surface area (Å²) in [5.74, 6) is 0.873. The number of hydrogen-bond acceptors (Lipinski definition) is 3. The molecule has 1 saturated heterocycles. The van der Waals surface area contributed by atoms with Crippen molar-refractivity contribution in [1.29, 1.82) is 0 Å². The van der Waals surface area contributed by atoms with Crippen molar-refractivity contribution in [2.45, 2.75) is 19.4 Å². The zero-order valence-electron chi connectivity index (χ0n) is 12.5. The van der Waals surface area contributed by atoms with E-state index in [1.807, 2.05) is 0 Å². The van der Waals surface area contributed by atoms with E-state index in [-0.39, 0.29) is 0 Å². The molecule has 0 bridgehead atoms. The van der Waals surface area contributed by atoms with Crippen LogP contribution < -0.4 is 10.2 Å². The molecule has 0 aliphatic carbocycles. The predicted molar refractivity (Wildman–Crippen MR) is 82.7 cm³/mol. The number of hydrogen-bond donors (Lipinski definition) is 1. The molecular weight excluding hydrogens is 234 g/mol. The van der Waals surface area contributed by atoms with E-state index in [4.69, 9.17) is 0 Å². The topological polar surface area (TPSA) is 18.5 Å². The van der Waals surface area contributed by atoms with Crippen molar-refractivity contribution in [1.82, 2.24) is 10.2 Å². The highest BCUT2D eigenvalue weighted by Gasteiger charge is 2.18. The molecule has 3 heteroatoms. The van der Waals surface area contributed by atoms with Crippen LogP contribution in [0.2, 0.25) is 0 Å². The molecule has 0 unspecified atom stereocenters. The Morgan fingerprint density at radius 3 is 2.32 bits per heavy atom. The summed E-state index contributed by atoms with van der Waals surface area (Å²) < 4.78 is 0. The summed E-state index contributed by atoms with van der Waals surface area (Å²) in [6.07, 6.45) is 2.66. The van der Waals surface area contributed by atoms with Gasteiger partial charge in [0.25, 0.3) is 0 Å². The zero-order chi connectivity index (χ0) is 13.7. The summed E-state index contributed by atoms with van der Waals surface area (Å²) in [6, 6.07) is 8.94. The van der Waals surface area contributed by atoms with Crippen molar-refractivity contribution in [2.24, 2.45) is 5.92 Å². The number of nitrogens with zero attached hydrogens (tertiary/aromatic N) is 2. The van der Waals surface area contributed by atoms with Crippen LogP contribution in [0.4, 0.5) is 5.69 Å². The van der Waals surface area contributed by atoms with Gasteiger partial charge >= 0.3 is 0 Å². The Labute approximate surface area is 117 Å². The summed E-state index contributed by atoms with van der Waals surface area (Å²) in [7, 11) is 6.22. The van der Waals surface area contributed by atoms with Crippen LogP contribution >= 0.6 is 0 Å². The monoisotopic (exact) mass is 261 g/mol. The van der Waals surface area contributed by atoms with Crippen molar-refractivity contribution < 1.29 is 0 Å². The van der Waals surface area contributed by atoms with Gasteiger partial charge < -0.3 is 10.2 Å². The van der Waals surface area contributed by atoms with Crippen molar-refractivity contribution in [3.05, 3.63) is 29.8 Å². The first-order valence-electron chi connectivity index (χ1n) is 7.32. The highest BCUT2D eigenvalue weighted by atomic mass is 15.1. The molecule has 0 atom stereocenters. The van der Waals surface area contributed by atoms with Gasteiger partial charge in [-0.05, 0) is 63.1 Å². The molecule has 2 rings (SSSR count). The number of likely N-dealkylation sites (tertiary alicyclic amines) is 1. The molecule has 1 aromatic rings. The maximum atomic E-state index is 3.30. The molecule has 0 saturated carbocycles. The van der Waals surface area contributed by atoms with E-state index in [0.29, 0.717) is 0 Å². The van der Waals surface area contributed by atoms with Crippen LogP contribution in [0, 0.1) is 5.92 Å². The van der Waals surface area contributed by atoms with Crippen LogP contribution in [0.25, 0.3) is 0 Å². The minimum atomic E-state index is 0.873. The van der Waals surface area contributed by atoms with Crippen LogP contribution in [0.5, 0.6) is 0 Å². The second-order valence-electron chi connectivity index (χ2n) is 5.84. The minimum absolute atomic E-state index is 0.873. The Balaban J connectivity index is 1.82. The molecule has 0 aromatic heterocycles. The SMILES string of the molecule is CNCC1CCN(Cc2ccc(N(C)C)cc2)CC1. The second kappa shape index (κ2) is 6.92. The van der Waals surface area contributed by atoms with E-state index in [2.05, 4.69) is 60.5 Å². The fourth-order valence-corrected chi connectivity index (χ4v) is 2.80. The van der Waals surface area contributed by atoms with Crippen molar-refractivity contribution in [3.63, 3.8) is 0 Å². The highest BCUT2D eigenvalue weighted by molar-refractivity contribution is 5.45. The molecule has 1 heterocycles. The molecule has 1 aliphatic heterocycles. The maximum absolute atomic E-state index is 3.30. The van der Waals surface area contributed by atoms with Gasteiger partial charge in [-0.3, -0.25) is 4.90 Å². The highest BCUT2D eigenvalue weighted by Crippen LogP contribution is 2.19. The average Bonchev–Trinajstić information content (AvgIpc) is 2.42. The quantitative estimate of drug-likeness (QED) is 0.876. The fraction of sp³-hybridized carbons (Fsp3) is 0.625. The van der Waals surface area contributed by atoms with Gasteiger partial charge in [-0.15, -0.1) is 0 Å². The van der Waals surface area contributed by atoms with E-state index >= 15 is 0 Å². The van der Waals surface area contributed by atoms with Crippen LogP contribution in [0.3, 0.4) is 0 Å². The summed E-state index contributed by atoms with van der Waals surface area (Å²) in [6.45, 7) is 4.74. The van der Waals surface area contributed by atoms with Gasteiger partial charge in [0.2, 0.25) is 0 Å². The van der Waals surface area contributed by atoms with Gasteiger partial charge in [-0.1, -0.05) is 12.1 Å². The molecular formula is C16H27N3. The van der Waals surface area contributed by atoms with E-state index in [9.17, 15) is 0 Å². The molecule has 106 valence electrons. The van der Waals surface area contributed by atoms with E-state index in [1.165, 1.54) is 43.7 Å². The third-order valence-electron chi connectivity index (χ3n) is 4.06. The molecule has 1 N–H and O–H groups in total. The molecule has 0 radical (unpaired) electrons. The van der Waals surface area contributed by atoms with Crippen molar-refractivity contribution in [3.8, 4) is 0 Å². The van der Waals surface area contributed by atoms with Gasteiger partial charge in [-0.25, -0.2) is 0 Å². The standard InChI is InChI=1S/C16H27N3/c1-17-12-14-8-10-19(11-9-14)13-15-4-6-16(7-5-15)18(2)3/h4-7,14,17H,8-13H2,1-3H3. The largest absolute Gasteiger partial charge is 0.378 e.